The van der Waals surface area contributed by atoms with E-state index in [-0.39, 0.29) is 11.3 Å². The summed E-state index contributed by atoms with van der Waals surface area (Å²) in [5, 5.41) is 9.83. The molecule has 1 saturated carbocycles. The smallest absolute Gasteiger partial charge is 0.309 e. The van der Waals surface area contributed by atoms with Crippen molar-refractivity contribution in [3.63, 3.8) is 0 Å². The van der Waals surface area contributed by atoms with Crippen LogP contribution in [0.25, 0.3) is 0 Å². The van der Waals surface area contributed by atoms with Crippen LogP contribution in [-0.4, -0.2) is 11.1 Å². The lowest BCUT2D eigenvalue weighted by molar-refractivity contribution is -0.162. The second-order valence-corrected chi connectivity index (χ2v) is 8.54. The summed E-state index contributed by atoms with van der Waals surface area (Å²) in [5.41, 5.74) is 2.69. The minimum atomic E-state index is -0.588. The third-order valence-electron chi connectivity index (χ3n) is 7.07. The predicted octanol–water partition coefficient (Wildman–Crippen LogP) is 5.21. The Balaban J connectivity index is 2.00. The number of hydrogen-bond acceptors (Lipinski definition) is 1. The molecule has 1 fully saturated rings. The van der Waals surface area contributed by atoms with E-state index >= 15 is 0 Å². The normalized spacial score (nSPS) is 41.3. The first-order valence-electron chi connectivity index (χ1n) is 8.93. The Kier molecular flexibility index (Phi) is 3.78. The van der Waals surface area contributed by atoms with Gasteiger partial charge >= 0.3 is 5.97 Å². The maximum Gasteiger partial charge on any atom is 0.309 e. The van der Waals surface area contributed by atoms with Crippen LogP contribution in [0.3, 0.4) is 0 Å². The Hall–Kier alpha value is -1.05. The molecule has 0 saturated heterocycles. The summed E-state index contributed by atoms with van der Waals surface area (Å²) < 4.78 is 0. The second kappa shape index (κ2) is 5.25. The van der Waals surface area contributed by atoms with Gasteiger partial charge in [-0.1, -0.05) is 44.9 Å². The number of hydrogen-bond donors (Lipinski definition) is 1. The highest BCUT2D eigenvalue weighted by molar-refractivity contribution is 5.75. The molecule has 0 amide bonds. The van der Waals surface area contributed by atoms with E-state index in [0.29, 0.717) is 11.8 Å². The van der Waals surface area contributed by atoms with Gasteiger partial charge in [-0.25, -0.2) is 0 Å². The van der Waals surface area contributed by atoms with Crippen molar-refractivity contribution in [2.24, 2.45) is 28.6 Å². The average Bonchev–Trinajstić information content (AvgIpc) is 2.46. The Morgan fingerprint density at radius 3 is 2.68 bits per heavy atom. The van der Waals surface area contributed by atoms with E-state index in [4.69, 9.17) is 0 Å². The van der Waals surface area contributed by atoms with Crippen LogP contribution in [0.2, 0.25) is 0 Å². The van der Waals surface area contributed by atoms with Gasteiger partial charge < -0.3 is 5.11 Å². The summed E-state index contributed by atoms with van der Waals surface area (Å²) in [6.07, 6.45) is 11.2. The van der Waals surface area contributed by atoms with E-state index in [2.05, 4.69) is 32.9 Å². The van der Waals surface area contributed by atoms with Crippen LogP contribution < -0.4 is 0 Å². The molecule has 4 atom stereocenters. The zero-order valence-electron chi connectivity index (χ0n) is 14.5. The van der Waals surface area contributed by atoms with E-state index < -0.39 is 11.4 Å². The van der Waals surface area contributed by atoms with Gasteiger partial charge in [-0.2, -0.15) is 0 Å². The number of carboxylic acid groups (broad SMARTS) is 1. The summed E-state index contributed by atoms with van der Waals surface area (Å²) >= 11 is 0. The van der Waals surface area contributed by atoms with Crippen molar-refractivity contribution in [1.82, 2.24) is 0 Å². The molecular formula is C20H30O2. The molecule has 22 heavy (non-hydrogen) atoms. The molecule has 2 heteroatoms. The molecule has 0 spiro atoms. The fraction of sp³-hybridized carbons (Fsp3) is 0.750. The second-order valence-electron chi connectivity index (χ2n) is 8.54. The first-order valence-corrected chi connectivity index (χ1v) is 8.93. The first-order chi connectivity index (χ1) is 10.3. The molecule has 0 aromatic carbocycles. The Bertz CT molecular complexity index is 542. The monoisotopic (exact) mass is 302 g/mol. The van der Waals surface area contributed by atoms with Gasteiger partial charge in [-0.05, 0) is 67.8 Å². The summed E-state index contributed by atoms with van der Waals surface area (Å²) in [7, 11) is 0. The highest BCUT2D eigenvalue weighted by Crippen LogP contribution is 2.62. The van der Waals surface area contributed by atoms with Gasteiger partial charge in [0.2, 0.25) is 0 Å². The van der Waals surface area contributed by atoms with Crippen LogP contribution in [0, 0.1) is 28.6 Å². The third kappa shape index (κ3) is 2.18. The van der Waals surface area contributed by atoms with Gasteiger partial charge in [0.05, 0.1) is 5.41 Å². The van der Waals surface area contributed by atoms with E-state index in [1.54, 1.807) is 5.57 Å². The Morgan fingerprint density at radius 2 is 2.05 bits per heavy atom. The number of allylic oxidation sites excluding steroid dienone is 4. The molecule has 0 radical (unpaired) electrons. The van der Waals surface area contributed by atoms with Crippen LogP contribution in [0.4, 0.5) is 0 Å². The molecule has 0 heterocycles. The lowest BCUT2D eigenvalue weighted by Crippen LogP contribution is -2.53. The standard InChI is InChI=1S/C20H30O2/c1-13(2)14-6-8-16-15(12-14)7-9-17-19(16,3)10-5-11-20(17,4)18(21)22/h7,12-13,16-17H,5-6,8-11H2,1-4H3,(H,21,22)/t16?,17?,19-,20+/m1/s1. The molecule has 0 aromatic heterocycles. The SMILES string of the molecule is CC(C)C1=CC2=CCC3[C@](C)(CCC[C@]3(C)C(=O)O)C2CC1. The summed E-state index contributed by atoms with van der Waals surface area (Å²) in [6, 6.07) is 0. The molecule has 3 aliphatic carbocycles. The largest absolute Gasteiger partial charge is 0.481 e. The fourth-order valence-electron chi connectivity index (χ4n) is 5.60. The molecule has 0 aromatic rings. The molecule has 3 aliphatic rings. The van der Waals surface area contributed by atoms with E-state index in [0.717, 1.165) is 19.3 Å². The fourth-order valence-corrected chi connectivity index (χ4v) is 5.60. The molecule has 0 aliphatic heterocycles. The third-order valence-corrected chi connectivity index (χ3v) is 7.07. The minimum Gasteiger partial charge on any atom is -0.481 e. The van der Waals surface area contributed by atoms with Crippen molar-refractivity contribution in [1.29, 1.82) is 0 Å². The number of carboxylic acids is 1. The summed E-state index contributed by atoms with van der Waals surface area (Å²) in [6.45, 7) is 8.93. The number of aliphatic carboxylic acids is 1. The highest BCUT2D eigenvalue weighted by atomic mass is 16.4. The number of carbonyl (C=O) groups is 1. The van der Waals surface area contributed by atoms with Crippen molar-refractivity contribution in [2.45, 2.75) is 66.2 Å². The lowest BCUT2D eigenvalue weighted by atomic mass is 9.47. The molecule has 1 N–H and O–H groups in total. The first kappa shape index (κ1) is 15.8. The molecule has 0 bridgehead atoms. The summed E-state index contributed by atoms with van der Waals surface area (Å²) in [5.74, 6) is 0.888. The van der Waals surface area contributed by atoms with Crippen molar-refractivity contribution in [2.75, 3.05) is 0 Å². The van der Waals surface area contributed by atoms with E-state index in [1.807, 2.05) is 6.92 Å². The maximum atomic E-state index is 11.9. The van der Waals surface area contributed by atoms with Gasteiger partial charge in [-0.15, -0.1) is 0 Å². The van der Waals surface area contributed by atoms with E-state index in [1.165, 1.54) is 24.8 Å². The molecule has 2 unspecified atom stereocenters. The Morgan fingerprint density at radius 1 is 1.32 bits per heavy atom. The summed E-state index contributed by atoms with van der Waals surface area (Å²) in [4.78, 5) is 11.9. The molecule has 2 nitrogen and oxygen atoms in total. The average molecular weight is 302 g/mol. The number of rotatable bonds is 2. The van der Waals surface area contributed by atoms with Crippen LogP contribution >= 0.6 is 0 Å². The van der Waals surface area contributed by atoms with Gasteiger partial charge in [0.15, 0.2) is 0 Å². The zero-order chi connectivity index (χ0) is 16.1. The van der Waals surface area contributed by atoms with Crippen LogP contribution in [0.1, 0.15) is 66.2 Å². The Labute approximate surface area is 134 Å². The van der Waals surface area contributed by atoms with Crippen LogP contribution in [0.15, 0.2) is 23.3 Å². The van der Waals surface area contributed by atoms with Crippen molar-refractivity contribution in [3.8, 4) is 0 Å². The predicted molar refractivity (Wildman–Crippen MR) is 89.5 cm³/mol. The van der Waals surface area contributed by atoms with Crippen molar-refractivity contribution >= 4 is 5.97 Å². The molecular weight excluding hydrogens is 272 g/mol. The topological polar surface area (TPSA) is 37.3 Å². The van der Waals surface area contributed by atoms with E-state index in [9.17, 15) is 9.90 Å². The quantitative estimate of drug-likeness (QED) is 0.760. The van der Waals surface area contributed by atoms with Gasteiger partial charge in [0.25, 0.3) is 0 Å². The zero-order valence-corrected chi connectivity index (χ0v) is 14.5. The minimum absolute atomic E-state index is 0.161. The lowest BCUT2D eigenvalue weighted by Gasteiger charge is -2.57. The molecule has 3 rings (SSSR count). The van der Waals surface area contributed by atoms with Gasteiger partial charge in [0.1, 0.15) is 0 Å². The maximum absolute atomic E-state index is 11.9. The van der Waals surface area contributed by atoms with Crippen molar-refractivity contribution in [3.05, 3.63) is 23.3 Å². The van der Waals surface area contributed by atoms with Crippen molar-refractivity contribution < 1.29 is 9.90 Å². The highest BCUT2D eigenvalue weighted by Gasteiger charge is 2.57. The van der Waals surface area contributed by atoms with Gasteiger partial charge in [-0.3, -0.25) is 4.79 Å². The number of fused-ring (bicyclic) bond motifs is 3. The van der Waals surface area contributed by atoms with Crippen LogP contribution in [-0.2, 0) is 4.79 Å². The molecule has 122 valence electrons. The van der Waals surface area contributed by atoms with Crippen LogP contribution in [0.5, 0.6) is 0 Å². The van der Waals surface area contributed by atoms with Gasteiger partial charge in [0, 0.05) is 0 Å².